The average Bonchev–Trinajstić information content (AvgIpc) is 1.42. The van der Waals surface area contributed by atoms with Gasteiger partial charge in [0, 0.05) is 97.9 Å². The van der Waals surface area contributed by atoms with Gasteiger partial charge < -0.3 is 54.9 Å². The number of allylic oxidation sites excluding steroid dienone is 7. The van der Waals surface area contributed by atoms with E-state index in [0.717, 1.165) is 4.90 Å². The number of rotatable bonds is 37. The van der Waals surface area contributed by atoms with E-state index in [1.807, 2.05) is 61.5 Å². The fraction of sp³-hybridized carbons (Fsp3) is 0.467. The molecule has 8 N–H and O–H groups in total. The summed E-state index contributed by atoms with van der Waals surface area (Å²) < 4.78 is 185. The number of amides is 5. The third-order valence-corrected chi connectivity index (χ3v) is 23.2. The highest BCUT2D eigenvalue weighted by molar-refractivity contribution is 7.86. The summed E-state index contributed by atoms with van der Waals surface area (Å²) in [6.07, 6.45) is 8.14. The van der Waals surface area contributed by atoms with E-state index in [1.165, 1.54) is 24.3 Å². The summed E-state index contributed by atoms with van der Waals surface area (Å²) in [5.74, 6) is -8.51. The van der Waals surface area contributed by atoms with Gasteiger partial charge in [-0.1, -0.05) is 56.3 Å². The normalized spacial score (nSPS) is 19.8. The van der Waals surface area contributed by atoms with Crippen LogP contribution >= 0.6 is 0 Å². The lowest BCUT2D eigenvalue weighted by Gasteiger charge is -2.28. The molecule has 4 aromatic rings. The SMILES string of the molecule is CC1(C)C(/C=C/C2=C(Oc3ccc(C[C@H](NC(=O)CCOCCOCCNC(=O)Cc4ccc(CNC(=O)C[C@@H]5C[C@@H](C(=O)N6CC(F)(F)C[C@H]6C#N)NC5=O)cc4)C(=O)O)cc3)C(=C/C=C3/N(CCCCS(=O)(=O)[O-])c4ccc(S(=O)(=O)O)cc4C3(C)C)/CCC2)=[N+](CCCCS(=O)(=O)O)c2ccc(S(=O)(=O)O)cc21. The largest absolute Gasteiger partial charge is 0.748 e. The van der Waals surface area contributed by atoms with Crippen molar-refractivity contribution in [3.05, 3.63) is 160 Å². The summed E-state index contributed by atoms with van der Waals surface area (Å²) in [7, 11) is -18.1. The number of carboxylic acid groups (broad SMARTS) is 1. The molecule has 111 heavy (non-hydrogen) atoms. The van der Waals surface area contributed by atoms with Crippen molar-refractivity contribution >= 4 is 93.1 Å². The maximum absolute atomic E-state index is 13.9. The predicted molar refractivity (Wildman–Crippen MR) is 398 cm³/mol. The second-order valence-electron chi connectivity index (χ2n) is 28.9. The number of likely N-dealkylation sites (tertiary alicyclic amines) is 1. The predicted octanol–water partition coefficient (Wildman–Crippen LogP) is 6.40. The molecule has 9 rings (SSSR count). The van der Waals surface area contributed by atoms with Gasteiger partial charge in [-0.3, -0.25) is 37.6 Å². The van der Waals surface area contributed by atoms with Crippen molar-refractivity contribution < 1.29 is 113 Å². The van der Waals surface area contributed by atoms with Crippen molar-refractivity contribution in [2.75, 3.05) is 69.0 Å². The van der Waals surface area contributed by atoms with Crippen molar-refractivity contribution in [1.82, 2.24) is 26.2 Å². The molecule has 4 aromatic carbocycles. The topological polar surface area (TPSA) is 452 Å². The Bertz CT molecular complexity index is 4910. The fourth-order valence-electron chi connectivity index (χ4n) is 14.2. The van der Waals surface area contributed by atoms with E-state index < -0.39 is 135 Å². The first-order valence-electron chi connectivity index (χ1n) is 35.9. The van der Waals surface area contributed by atoms with Crippen molar-refractivity contribution in [2.45, 2.75) is 162 Å². The highest BCUT2D eigenvalue weighted by atomic mass is 32.2. The van der Waals surface area contributed by atoms with Gasteiger partial charge in [-0.2, -0.15) is 35.1 Å². The van der Waals surface area contributed by atoms with Gasteiger partial charge in [-0.05, 0) is 147 Å². The Kier molecular flexibility index (Phi) is 27.9. The molecule has 0 unspecified atom stereocenters. The molecular formula is C75H90F2N8O22S4. The molecule has 0 radical (unpaired) electrons. The number of unbranched alkanes of at least 4 members (excludes halogenated alkanes) is 2. The number of hydrogen-bond acceptors (Lipinski definition) is 20. The number of halogens is 2. The minimum absolute atomic E-state index is 0.0306. The van der Waals surface area contributed by atoms with Crippen LogP contribution in [-0.2, 0) is 109 Å². The number of benzene rings is 4. The summed E-state index contributed by atoms with van der Waals surface area (Å²) in [5.41, 5.74) is 4.96. The molecule has 1 aliphatic carbocycles. The van der Waals surface area contributed by atoms with Crippen LogP contribution in [0.15, 0.2) is 142 Å². The van der Waals surface area contributed by atoms with E-state index in [0.29, 0.717) is 92.5 Å². The second kappa shape index (κ2) is 36.1. The molecular weight excluding hydrogens is 1530 g/mol. The van der Waals surface area contributed by atoms with Gasteiger partial charge in [0.25, 0.3) is 36.3 Å². The van der Waals surface area contributed by atoms with Crippen LogP contribution in [0.5, 0.6) is 5.75 Å². The summed E-state index contributed by atoms with van der Waals surface area (Å²) >= 11 is 0. The highest BCUT2D eigenvalue weighted by Gasteiger charge is 2.51. The Morgan fingerprint density at radius 2 is 1.41 bits per heavy atom. The highest BCUT2D eigenvalue weighted by Crippen LogP contribution is 2.49. The number of aliphatic carboxylic acids is 1. The Hall–Kier alpha value is -9.16. The van der Waals surface area contributed by atoms with Gasteiger partial charge in [0.1, 0.15) is 36.2 Å². The standard InChI is InChI=1S/C75H90F2N8O22S4/c1-73(2)58-42-56(110(99,100)101)22-24-62(58)83(30-5-7-36-108(93,94)95)64(73)26-18-51-10-9-11-52(19-27-65-74(3,4)59-43-57(111(102,103)104)23-25-63(59)84(65)31-6-8-37-109(96,97)98)69(51)107-55-20-16-48(17-21-55)38-61(72(91)92)81-66(86)28-32-105-34-35-106-33-29-79-67(87)39-49-12-14-50(15-13-49)46-80-68(88)41-53-40-60(82-70(53)89)71(90)85-47-75(76,77)44-54(85)45-78/h12-27,42-43,53-54,60-61H,5-11,28-41,44,46-47H2,1-4H3,(H8-,79,80,81,82,86,87,88,89,91,92,93,94,95,96,97,98,99,100,101,102,103,104)/t53-,54-,60-,61-/m0/s1. The molecule has 0 spiro atoms. The quantitative estimate of drug-likeness (QED) is 0.0138. The first kappa shape index (κ1) is 85.8. The van der Waals surface area contributed by atoms with E-state index >= 15 is 0 Å². The smallest absolute Gasteiger partial charge is 0.326 e. The Morgan fingerprint density at radius 1 is 0.757 bits per heavy atom. The molecule has 600 valence electrons. The van der Waals surface area contributed by atoms with Crippen molar-refractivity contribution in [3.63, 3.8) is 0 Å². The molecule has 5 aliphatic rings. The first-order chi connectivity index (χ1) is 52.1. The Labute approximate surface area is 643 Å². The molecule has 0 aromatic heterocycles. The Balaban J connectivity index is 0.794. The second-order valence-corrected chi connectivity index (χ2v) is 34.8. The molecule has 36 heteroatoms. The Morgan fingerprint density at radius 3 is 2.06 bits per heavy atom. The molecule has 5 amide bonds. The number of nitrogens with zero attached hydrogens (tertiary/aromatic N) is 4. The number of nitriles is 1. The molecule has 2 saturated heterocycles. The van der Waals surface area contributed by atoms with Crippen LogP contribution in [0.4, 0.5) is 20.2 Å². The molecule has 4 heterocycles. The molecule has 0 saturated carbocycles. The summed E-state index contributed by atoms with van der Waals surface area (Å²) in [6, 6.07) is 19.7. The van der Waals surface area contributed by atoms with Crippen molar-refractivity contribution in [2.24, 2.45) is 5.92 Å². The summed E-state index contributed by atoms with van der Waals surface area (Å²) in [5, 5.41) is 30.0. The number of fused-ring (bicyclic) bond motifs is 2. The molecule has 30 nitrogen and oxygen atoms in total. The molecule has 4 aliphatic heterocycles. The van der Waals surface area contributed by atoms with Crippen LogP contribution in [0.2, 0.25) is 0 Å². The zero-order chi connectivity index (χ0) is 81.0. The zero-order valence-corrected chi connectivity index (χ0v) is 64.8. The number of alkyl halides is 2. The number of carbonyl (C=O) groups excluding carboxylic acids is 5. The van der Waals surface area contributed by atoms with Crippen LogP contribution in [0.25, 0.3) is 0 Å². The van der Waals surface area contributed by atoms with Gasteiger partial charge in [-0.25, -0.2) is 22.0 Å². The molecule has 2 fully saturated rings. The van der Waals surface area contributed by atoms with E-state index in [9.17, 15) is 99.8 Å². The van der Waals surface area contributed by atoms with Crippen LogP contribution < -0.4 is 30.9 Å². The zero-order valence-electron chi connectivity index (χ0n) is 61.5. The third kappa shape index (κ3) is 23.3. The maximum Gasteiger partial charge on any atom is 0.326 e. The lowest BCUT2D eigenvalue weighted by molar-refractivity contribution is -0.438. The van der Waals surface area contributed by atoms with Gasteiger partial charge in [0.05, 0.1) is 76.5 Å². The minimum atomic E-state index is -4.64. The van der Waals surface area contributed by atoms with Crippen molar-refractivity contribution in [1.29, 1.82) is 5.26 Å². The van der Waals surface area contributed by atoms with Crippen LogP contribution in [0.3, 0.4) is 0 Å². The number of hydrogen-bond donors (Lipinski definition) is 8. The number of ether oxygens (including phenoxy) is 3. The number of nitrogens with one attached hydrogen (secondary N) is 4. The van der Waals surface area contributed by atoms with Crippen LogP contribution in [0, 0.1) is 17.2 Å². The lowest BCUT2D eigenvalue weighted by Crippen LogP contribution is -2.46. The van der Waals surface area contributed by atoms with Crippen molar-refractivity contribution in [3.8, 4) is 11.8 Å². The average molecular weight is 1620 g/mol. The lowest BCUT2D eigenvalue weighted by atomic mass is 9.81. The van der Waals surface area contributed by atoms with E-state index in [-0.39, 0.29) is 126 Å². The number of anilines is 1. The van der Waals surface area contributed by atoms with Gasteiger partial charge in [0.2, 0.25) is 35.2 Å². The monoisotopic (exact) mass is 1620 g/mol. The summed E-state index contributed by atoms with van der Waals surface area (Å²) in [6.45, 7) is 7.49. The third-order valence-electron chi connectivity index (χ3n) is 19.9. The van der Waals surface area contributed by atoms with Gasteiger partial charge in [0.15, 0.2) is 5.71 Å². The van der Waals surface area contributed by atoms with Crippen LogP contribution in [-0.4, -0.2) is 196 Å². The number of carboxylic acids is 1. The molecule has 4 atom stereocenters. The van der Waals surface area contributed by atoms with Crippen LogP contribution in [0.1, 0.15) is 126 Å². The minimum Gasteiger partial charge on any atom is -0.748 e. The fourth-order valence-corrected chi connectivity index (χ4v) is 16.3. The number of carbonyl (C=O) groups is 6. The van der Waals surface area contributed by atoms with Gasteiger partial charge in [-0.15, -0.1) is 0 Å². The van der Waals surface area contributed by atoms with E-state index in [1.54, 1.807) is 66.7 Å². The van der Waals surface area contributed by atoms with Gasteiger partial charge >= 0.3 is 5.97 Å². The van der Waals surface area contributed by atoms with E-state index in [2.05, 4.69) is 21.3 Å². The summed E-state index contributed by atoms with van der Waals surface area (Å²) in [4.78, 5) is 78.6. The molecule has 0 bridgehead atoms. The van der Waals surface area contributed by atoms with E-state index in [4.69, 9.17) is 14.2 Å². The maximum atomic E-state index is 13.9. The first-order valence-corrected chi connectivity index (χ1v) is 42.0.